The average Bonchev–Trinajstić information content (AvgIpc) is 3.16. The molecule has 2 fully saturated rings. The van der Waals surface area contributed by atoms with Crippen LogP contribution in [0, 0.1) is 11.8 Å². The molecule has 0 radical (unpaired) electrons. The third-order valence-corrected chi connectivity index (χ3v) is 6.31. The highest BCUT2D eigenvalue weighted by Gasteiger charge is 2.35. The van der Waals surface area contributed by atoms with Crippen molar-refractivity contribution < 1.29 is 24.6 Å². The van der Waals surface area contributed by atoms with E-state index >= 15 is 0 Å². The summed E-state index contributed by atoms with van der Waals surface area (Å²) >= 11 is 0. The number of hydrogen-bond acceptors (Lipinski definition) is 4. The Hall–Kier alpha value is -2.41. The number of carboxylic acids is 2. The van der Waals surface area contributed by atoms with Crippen molar-refractivity contribution in [3.63, 3.8) is 0 Å². The number of hydrogen-bond donors (Lipinski definition) is 2. The predicted molar refractivity (Wildman–Crippen MR) is 107 cm³/mol. The van der Waals surface area contributed by atoms with Crippen LogP contribution < -0.4 is 0 Å². The molecule has 0 aromatic heterocycles. The molecule has 2 aliphatic rings. The summed E-state index contributed by atoms with van der Waals surface area (Å²) in [5, 5.41) is 18.7. The predicted octanol–water partition coefficient (Wildman–Crippen LogP) is 2.11. The lowest BCUT2D eigenvalue weighted by Gasteiger charge is -2.39. The van der Waals surface area contributed by atoms with Crippen LogP contribution in [0.25, 0.3) is 0 Å². The fourth-order valence-electron chi connectivity index (χ4n) is 4.71. The van der Waals surface area contributed by atoms with Crippen molar-refractivity contribution in [3.05, 3.63) is 35.9 Å². The van der Waals surface area contributed by atoms with Crippen molar-refractivity contribution in [2.24, 2.45) is 11.8 Å². The molecule has 0 aliphatic carbocycles. The molecular weight excluding hydrogens is 372 g/mol. The molecule has 3 atom stereocenters. The highest BCUT2D eigenvalue weighted by atomic mass is 16.4. The van der Waals surface area contributed by atoms with Gasteiger partial charge < -0.3 is 15.1 Å². The molecule has 2 heterocycles. The molecule has 0 spiro atoms. The van der Waals surface area contributed by atoms with Crippen molar-refractivity contribution in [2.45, 2.75) is 44.6 Å². The second-order valence-corrected chi connectivity index (χ2v) is 8.23. The number of amides is 1. The van der Waals surface area contributed by atoms with Gasteiger partial charge in [0.15, 0.2) is 0 Å². The molecular formula is C22H30N2O5. The molecule has 2 saturated heterocycles. The molecule has 2 aliphatic heterocycles. The lowest BCUT2D eigenvalue weighted by Crippen LogP contribution is -2.46. The number of piperidine rings is 1. The first-order valence-electron chi connectivity index (χ1n) is 10.4. The normalized spacial score (nSPS) is 25.1. The van der Waals surface area contributed by atoms with Crippen LogP contribution in [0.15, 0.2) is 30.3 Å². The maximum absolute atomic E-state index is 12.8. The summed E-state index contributed by atoms with van der Waals surface area (Å²) in [4.78, 5) is 39.3. The lowest BCUT2D eigenvalue weighted by molar-refractivity contribution is -0.142. The minimum absolute atomic E-state index is 0.0270. The Morgan fingerprint density at radius 2 is 1.76 bits per heavy atom. The summed E-state index contributed by atoms with van der Waals surface area (Å²) in [5.41, 5.74) is 0.975. The fraction of sp³-hybridized carbons (Fsp3) is 0.591. The van der Waals surface area contributed by atoms with Gasteiger partial charge in [-0.1, -0.05) is 30.3 Å². The number of benzene rings is 1. The van der Waals surface area contributed by atoms with E-state index < -0.39 is 18.0 Å². The number of carbonyl (C=O) groups is 3. The fourth-order valence-corrected chi connectivity index (χ4v) is 4.71. The topological polar surface area (TPSA) is 98.2 Å². The Balaban J connectivity index is 1.61. The van der Waals surface area contributed by atoms with E-state index in [4.69, 9.17) is 0 Å². The van der Waals surface area contributed by atoms with Gasteiger partial charge in [0.1, 0.15) is 6.04 Å². The highest BCUT2D eigenvalue weighted by Crippen LogP contribution is 2.31. The van der Waals surface area contributed by atoms with Crippen molar-refractivity contribution in [1.29, 1.82) is 0 Å². The lowest BCUT2D eigenvalue weighted by atomic mass is 9.81. The molecule has 29 heavy (non-hydrogen) atoms. The first kappa shape index (κ1) is 21.3. The van der Waals surface area contributed by atoms with Crippen molar-refractivity contribution in [2.75, 3.05) is 26.2 Å². The average molecular weight is 402 g/mol. The standard InChI is InChI=1S/C22H30N2O5/c25-20(13-16-5-2-1-3-6-16)24-12-8-17(14-21(26)27)18(15-24)9-11-23-10-4-7-19(23)22(28)29/h1-3,5-6,17-19H,4,7-15H2,(H,26,27)(H,28,29). The molecule has 0 bridgehead atoms. The highest BCUT2D eigenvalue weighted by molar-refractivity contribution is 5.79. The molecule has 3 unspecified atom stereocenters. The quantitative estimate of drug-likeness (QED) is 0.691. The molecule has 0 saturated carbocycles. The smallest absolute Gasteiger partial charge is 0.320 e. The molecule has 7 nitrogen and oxygen atoms in total. The van der Waals surface area contributed by atoms with E-state index in [9.17, 15) is 24.6 Å². The SMILES string of the molecule is O=C(O)CC1CCN(C(=O)Cc2ccccc2)CC1CCN1CCCC1C(=O)O. The number of aliphatic carboxylic acids is 2. The molecule has 1 aromatic carbocycles. The molecule has 1 amide bonds. The monoisotopic (exact) mass is 402 g/mol. The molecule has 158 valence electrons. The van der Waals surface area contributed by atoms with Gasteiger partial charge in [0, 0.05) is 19.5 Å². The van der Waals surface area contributed by atoms with Gasteiger partial charge >= 0.3 is 11.9 Å². The Labute approximate surface area is 171 Å². The Bertz CT molecular complexity index is 723. The van der Waals surface area contributed by atoms with Gasteiger partial charge in [0.25, 0.3) is 0 Å². The van der Waals surface area contributed by atoms with Gasteiger partial charge in [0.2, 0.25) is 5.91 Å². The maximum atomic E-state index is 12.8. The van der Waals surface area contributed by atoms with Crippen LogP contribution in [0.4, 0.5) is 0 Å². The number of carboxylic acid groups (broad SMARTS) is 2. The first-order chi connectivity index (χ1) is 13.9. The number of likely N-dealkylation sites (tertiary alicyclic amines) is 2. The second kappa shape index (κ2) is 9.87. The molecule has 1 aromatic rings. The van der Waals surface area contributed by atoms with E-state index in [0.29, 0.717) is 38.9 Å². The largest absolute Gasteiger partial charge is 0.481 e. The van der Waals surface area contributed by atoms with Crippen LogP contribution in [0.2, 0.25) is 0 Å². The summed E-state index contributed by atoms with van der Waals surface area (Å²) in [7, 11) is 0. The Morgan fingerprint density at radius 1 is 1.00 bits per heavy atom. The van der Waals surface area contributed by atoms with Crippen molar-refractivity contribution in [1.82, 2.24) is 9.80 Å². The van der Waals surface area contributed by atoms with Gasteiger partial charge in [-0.25, -0.2) is 0 Å². The van der Waals surface area contributed by atoms with E-state index in [2.05, 4.69) is 0 Å². The summed E-state index contributed by atoms with van der Waals surface area (Å²) in [6.07, 6.45) is 3.40. The number of nitrogens with zero attached hydrogens (tertiary/aromatic N) is 2. The van der Waals surface area contributed by atoms with E-state index in [1.54, 1.807) is 0 Å². The van der Waals surface area contributed by atoms with Gasteiger partial charge in [-0.05, 0) is 56.2 Å². The van der Waals surface area contributed by atoms with Crippen LogP contribution in [-0.4, -0.2) is 70.1 Å². The van der Waals surface area contributed by atoms with E-state index in [0.717, 1.165) is 24.9 Å². The zero-order valence-electron chi connectivity index (χ0n) is 16.7. The van der Waals surface area contributed by atoms with Crippen LogP contribution in [0.3, 0.4) is 0 Å². The maximum Gasteiger partial charge on any atom is 0.320 e. The number of rotatable bonds is 8. The van der Waals surface area contributed by atoms with E-state index in [-0.39, 0.29) is 24.2 Å². The summed E-state index contributed by atoms with van der Waals surface area (Å²) in [6.45, 7) is 2.54. The van der Waals surface area contributed by atoms with Crippen LogP contribution in [0.1, 0.15) is 37.7 Å². The second-order valence-electron chi connectivity index (χ2n) is 8.23. The van der Waals surface area contributed by atoms with Gasteiger partial charge in [0.05, 0.1) is 6.42 Å². The third-order valence-electron chi connectivity index (χ3n) is 6.31. The van der Waals surface area contributed by atoms with Crippen LogP contribution in [-0.2, 0) is 20.8 Å². The Morgan fingerprint density at radius 3 is 2.45 bits per heavy atom. The van der Waals surface area contributed by atoms with Gasteiger partial charge in [-0.2, -0.15) is 0 Å². The zero-order valence-corrected chi connectivity index (χ0v) is 16.7. The molecule has 2 N–H and O–H groups in total. The molecule has 7 heteroatoms. The minimum atomic E-state index is -0.811. The molecule has 3 rings (SSSR count). The first-order valence-corrected chi connectivity index (χ1v) is 10.4. The summed E-state index contributed by atoms with van der Waals surface area (Å²) in [6, 6.07) is 9.19. The van der Waals surface area contributed by atoms with E-state index in [1.807, 2.05) is 40.1 Å². The zero-order chi connectivity index (χ0) is 20.8. The Kier molecular flexibility index (Phi) is 7.25. The third kappa shape index (κ3) is 5.79. The van der Waals surface area contributed by atoms with Gasteiger partial charge in [-0.3, -0.25) is 19.3 Å². The minimum Gasteiger partial charge on any atom is -0.481 e. The van der Waals surface area contributed by atoms with Gasteiger partial charge in [-0.15, -0.1) is 0 Å². The van der Waals surface area contributed by atoms with Crippen LogP contribution in [0.5, 0.6) is 0 Å². The van der Waals surface area contributed by atoms with Crippen molar-refractivity contribution in [3.8, 4) is 0 Å². The van der Waals surface area contributed by atoms with Crippen molar-refractivity contribution >= 4 is 17.8 Å². The van der Waals surface area contributed by atoms with E-state index in [1.165, 1.54) is 0 Å². The summed E-state index contributed by atoms with van der Waals surface area (Å²) < 4.78 is 0. The number of carbonyl (C=O) groups excluding carboxylic acids is 1. The summed E-state index contributed by atoms with van der Waals surface area (Å²) in [5.74, 6) is -1.42. The van der Waals surface area contributed by atoms with Crippen LogP contribution >= 0.6 is 0 Å².